The van der Waals surface area contributed by atoms with E-state index in [9.17, 15) is 9.18 Å². The van der Waals surface area contributed by atoms with Crippen LogP contribution in [0.3, 0.4) is 0 Å². The number of carbonyl (C=O) groups is 1. The smallest absolute Gasteiger partial charge is 0.277 e. The topological polar surface area (TPSA) is 77.2 Å². The first kappa shape index (κ1) is 17.9. The molecule has 3 rings (SSSR count). The summed E-state index contributed by atoms with van der Waals surface area (Å²) in [6.45, 7) is 1.74. The minimum absolute atomic E-state index is 0.193. The number of rotatable bonds is 6. The van der Waals surface area contributed by atoms with Gasteiger partial charge in [0.2, 0.25) is 11.8 Å². The van der Waals surface area contributed by atoms with Crippen LogP contribution in [0.25, 0.3) is 11.5 Å². The van der Waals surface area contributed by atoms with Gasteiger partial charge in [-0.2, -0.15) is 0 Å². The van der Waals surface area contributed by atoms with Crippen LogP contribution in [-0.2, 0) is 4.79 Å². The number of thioether (sulfide) groups is 1. The van der Waals surface area contributed by atoms with Crippen LogP contribution in [0.1, 0.15) is 6.92 Å². The SMILES string of the molecule is COc1ccc(NC(=O)[C@H](C)Sc2nnc(-c3ccc(F)cc3)o2)cc1. The average molecular weight is 373 g/mol. The number of nitrogens with zero attached hydrogens (tertiary/aromatic N) is 2. The monoisotopic (exact) mass is 373 g/mol. The summed E-state index contributed by atoms with van der Waals surface area (Å²) in [6, 6.07) is 12.8. The Bertz CT molecular complexity index is 881. The summed E-state index contributed by atoms with van der Waals surface area (Å²) in [7, 11) is 1.58. The first-order chi connectivity index (χ1) is 12.5. The van der Waals surface area contributed by atoms with Crippen molar-refractivity contribution in [2.45, 2.75) is 17.4 Å². The molecule has 0 saturated carbocycles. The molecular formula is C18H16FN3O3S. The molecule has 0 spiro atoms. The second kappa shape index (κ2) is 8.01. The number of amides is 1. The van der Waals surface area contributed by atoms with E-state index in [-0.39, 0.29) is 22.8 Å². The molecule has 0 aliphatic rings. The first-order valence-corrected chi connectivity index (χ1v) is 8.64. The molecule has 2 aromatic carbocycles. The van der Waals surface area contributed by atoms with Gasteiger partial charge in [-0.25, -0.2) is 4.39 Å². The van der Waals surface area contributed by atoms with Gasteiger partial charge in [0.1, 0.15) is 11.6 Å². The fourth-order valence-corrected chi connectivity index (χ4v) is 2.77. The average Bonchev–Trinajstić information content (AvgIpc) is 3.11. The third kappa shape index (κ3) is 4.40. The molecular weight excluding hydrogens is 357 g/mol. The fourth-order valence-electron chi connectivity index (χ4n) is 2.09. The molecule has 134 valence electrons. The van der Waals surface area contributed by atoms with Crippen LogP contribution in [0, 0.1) is 5.82 Å². The molecule has 0 aliphatic heterocycles. The molecule has 0 bridgehead atoms. The Morgan fingerprint density at radius 3 is 2.50 bits per heavy atom. The lowest BCUT2D eigenvalue weighted by Gasteiger charge is -2.10. The van der Waals surface area contributed by atoms with Crippen molar-refractivity contribution < 1.29 is 18.3 Å². The molecule has 3 aromatic rings. The lowest BCUT2D eigenvalue weighted by Crippen LogP contribution is -2.22. The predicted octanol–water partition coefficient (Wildman–Crippen LogP) is 4.00. The van der Waals surface area contributed by atoms with Gasteiger partial charge >= 0.3 is 0 Å². The van der Waals surface area contributed by atoms with Gasteiger partial charge < -0.3 is 14.5 Å². The minimum atomic E-state index is -0.446. The van der Waals surface area contributed by atoms with Gasteiger partial charge in [-0.1, -0.05) is 11.8 Å². The Kier molecular flexibility index (Phi) is 5.52. The quantitative estimate of drug-likeness (QED) is 0.658. The summed E-state index contributed by atoms with van der Waals surface area (Å²) in [5.41, 5.74) is 1.28. The van der Waals surface area contributed by atoms with Crippen LogP contribution in [0.15, 0.2) is 58.2 Å². The number of methoxy groups -OCH3 is 1. The molecule has 1 aromatic heterocycles. The molecule has 0 fully saturated rings. The number of anilines is 1. The lowest BCUT2D eigenvalue weighted by atomic mass is 10.2. The normalized spacial score (nSPS) is 11.8. The maximum Gasteiger partial charge on any atom is 0.277 e. The highest BCUT2D eigenvalue weighted by molar-refractivity contribution is 8.00. The van der Waals surface area contributed by atoms with E-state index in [0.717, 1.165) is 11.8 Å². The second-order valence-electron chi connectivity index (χ2n) is 5.36. The van der Waals surface area contributed by atoms with Crippen LogP contribution in [0.2, 0.25) is 0 Å². The Hall–Kier alpha value is -2.87. The number of benzene rings is 2. The van der Waals surface area contributed by atoms with Gasteiger partial charge in [-0.3, -0.25) is 4.79 Å². The number of aromatic nitrogens is 2. The van der Waals surface area contributed by atoms with Crippen molar-refractivity contribution in [2.24, 2.45) is 0 Å². The highest BCUT2D eigenvalue weighted by Crippen LogP contribution is 2.27. The molecule has 0 aliphatic carbocycles. The molecule has 0 unspecified atom stereocenters. The van der Waals surface area contributed by atoms with Crippen LogP contribution in [0.4, 0.5) is 10.1 Å². The summed E-state index contributed by atoms with van der Waals surface area (Å²) < 4.78 is 23.6. The zero-order chi connectivity index (χ0) is 18.5. The molecule has 26 heavy (non-hydrogen) atoms. The Balaban J connectivity index is 1.61. The van der Waals surface area contributed by atoms with Crippen LogP contribution < -0.4 is 10.1 Å². The van der Waals surface area contributed by atoms with Crippen LogP contribution in [0.5, 0.6) is 5.75 Å². The summed E-state index contributed by atoms with van der Waals surface area (Å²) in [5.74, 6) is 0.452. The zero-order valence-corrected chi connectivity index (χ0v) is 14.9. The molecule has 1 atom stereocenters. The molecule has 1 amide bonds. The minimum Gasteiger partial charge on any atom is -0.497 e. The largest absolute Gasteiger partial charge is 0.497 e. The van der Waals surface area contributed by atoms with Gasteiger partial charge in [0.05, 0.1) is 12.4 Å². The zero-order valence-electron chi connectivity index (χ0n) is 14.1. The number of halogens is 1. The van der Waals surface area contributed by atoms with Crippen molar-refractivity contribution >= 4 is 23.4 Å². The number of ether oxygens (including phenoxy) is 1. The maximum atomic E-state index is 13.0. The van der Waals surface area contributed by atoms with E-state index in [2.05, 4.69) is 15.5 Å². The number of carbonyl (C=O) groups excluding carboxylic acids is 1. The Morgan fingerprint density at radius 1 is 1.15 bits per heavy atom. The second-order valence-corrected chi connectivity index (χ2v) is 6.65. The van der Waals surface area contributed by atoms with E-state index < -0.39 is 5.25 Å². The highest BCUT2D eigenvalue weighted by atomic mass is 32.2. The first-order valence-electron chi connectivity index (χ1n) is 7.76. The van der Waals surface area contributed by atoms with E-state index in [1.165, 1.54) is 12.1 Å². The van der Waals surface area contributed by atoms with Crippen LogP contribution in [-0.4, -0.2) is 28.5 Å². The summed E-state index contributed by atoms with van der Waals surface area (Å²) in [6.07, 6.45) is 0. The standard InChI is InChI=1S/C18H16FN3O3S/c1-11(16(23)20-14-7-9-15(24-2)10-8-14)26-18-22-21-17(25-18)12-3-5-13(19)6-4-12/h3-11H,1-2H3,(H,20,23)/t11-/m0/s1. The number of nitrogens with one attached hydrogen (secondary N) is 1. The molecule has 0 radical (unpaired) electrons. The van der Waals surface area contributed by atoms with Crippen molar-refractivity contribution in [3.8, 4) is 17.2 Å². The van der Waals surface area contributed by atoms with Crippen molar-refractivity contribution in [3.05, 3.63) is 54.3 Å². The summed E-state index contributed by atoms with van der Waals surface area (Å²) in [5, 5.41) is 10.5. The maximum absolute atomic E-state index is 13.0. The summed E-state index contributed by atoms with van der Waals surface area (Å²) in [4.78, 5) is 12.3. The van der Waals surface area contributed by atoms with E-state index in [1.54, 1.807) is 50.4 Å². The van der Waals surface area contributed by atoms with Crippen molar-refractivity contribution in [2.75, 3.05) is 12.4 Å². The number of hydrogen-bond acceptors (Lipinski definition) is 6. The predicted molar refractivity (Wildman–Crippen MR) is 96.6 cm³/mol. The van der Waals surface area contributed by atoms with Gasteiger partial charge in [-0.15, -0.1) is 10.2 Å². The molecule has 1 heterocycles. The van der Waals surface area contributed by atoms with E-state index in [1.807, 2.05) is 0 Å². The Morgan fingerprint density at radius 2 is 1.85 bits per heavy atom. The van der Waals surface area contributed by atoms with Crippen molar-refractivity contribution in [1.82, 2.24) is 10.2 Å². The van der Waals surface area contributed by atoms with E-state index in [0.29, 0.717) is 17.0 Å². The molecule has 0 saturated heterocycles. The van der Waals surface area contributed by atoms with Gasteiger partial charge in [0, 0.05) is 11.3 Å². The van der Waals surface area contributed by atoms with Crippen LogP contribution >= 0.6 is 11.8 Å². The molecule has 6 nitrogen and oxygen atoms in total. The van der Waals surface area contributed by atoms with Crippen molar-refractivity contribution in [1.29, 1.82) is 0 Å². The van der Waals surface area contributed by atoms with Gasteiger partial charge in [0.15, 0.2) is 0 Å². The lowest BCUT2D eigenvalue weighted by molar-refractivity contribution is -0.115. The molecule has 8 heteroatoms. The molecule has 1 N–H and O–H groups in total. The summed E-state index contributed by atoms with van der Waals surface area (Å²) >= 11 is 1.15. The number of hydrogen-bond donors (Lipinski definition) is 1. The van der Waals surface area contributed by atoms with Gasteiger partial charge in [0.25, 0.3) is 5.22 Å². The van der Waals surface area contributed by atoms with Crippen molar-refractivity contribution in [3.63, 3.8) is 0 Å². The Labute approximate surface area is 153 Å². The van der Waals surface area contributed by atoms with E-state index >= 15 is 0 Å². The van der Waals surface area contributed by atoms with Gasteiger partial charge in [-0.05, 0) is 55.5 Å². The highest BCUT2D eigenvalue weighted by Gasteiger charge is 2.19. The fraction of sp³-hybridized carbons (Fsp3) is 0.167. The third-order valence-electron chi connectivity index (χ3n) is 3.50. The third-order valence-corrected chi connectivity index (χ3v) is 4.44. The van der Waals surface area contributed by atoms with E-state index in [4.69, 9.17) is 9.15 Å².